The van der Waals surface area contributed by atoms with Gasteiger partial charge in [0.15, 0.2) is 0 Å². The Morgan fingerprint density at radius 1 is 1.50 bits per heavy atom. The smallest absolute Gasteiger partial charge is 0.317 e. The molecular weight excluding hydrogens is 287 g/mol. The Morgan fingerprint density at radius 3 is 2.86 bits per heavy atom. The molecule has 1 saturated heterocycles. The van der Waals surface area contributed by atoms with Gasteiger partial charge in [-0.1, -0.05) is 12.1 Å². The molecule has 2 amide bonds. The van der Waals surface area contributed by atoms with Crippen LogP contribution in [-0.2, 0) is 11.3 Å². The van der Waals surface area contributed by atoms with E-state index in [0.29, 0.717) is 18.7 Å². The number of hydrogen-bond donors (Lipinski definition) is 2. The highest BCUT2D eigenvalue weighted by Gasteiger charge is 2.35. The minimum atomic E-state index is -0.666. The number of likely N-dealkylation sites (tertiary alicyclic amines) is 1. The summed E-state index contributed by atoms with van der Waals surface area (Å²) >= 11 is 0. The molecule has 5 nitrogen and oxygen atoms in total. The van der Waals surface area contributed by atoms with E-state index < -0.39 is 6.10 Å². The zero-order chi connectivity index (χ0) is 16.3. The van der Waals surface area contributed by atoms with Crippen molar-refractivity contribution in [1.82, 2.24) is 10.2 Å². The Kier molecular flexibility index (Phi) is 5.37. The van der Waals surface area contributed by atoms with Gasteiger partial charge in [0.05, 0.1) is 25.3 Å². The van der Waals surface area contributed by atoms with E-state index in [2.05, 4.69) is 5.32 Å². The van der Waals surface area contributed by atoms with Crippen molar-refractivity contribution in [3.05, 3.63) is 35.1 Å². The number of ether oxygens (including phenoxy) is 1. The molecule has 0 bridgehead atoms. The highest BCUT2D eigenvalue weighted by atomic mass is 19.1. The number of carbonyl (C=O) groups excluding carboxylic acids is 1. The predicted octanol–water partition coefficient (Wildman–Crippen LogP) is 1.81. The first-order valence-electron chi connectivity index (χ1n) is 7.48. The van der Waals surface area contributed by atoms with E-state index in [1.165, 1.54) is 11.0 Å². The zero-order valence-electron chi connectivity index (χ0n) is 13.2. The van der Waals surface area contributed by atoms with Gasteiger partial charge in [-0.25, -0.2) is 9.18 Å². The van der Waals surface area contributed by atoms with E-state index in [4.69, 9.17) is 4.74 Å². The van der Waals surface area contributed by atoms with Crippen molar-refractivity contribution in [1.29, 1.82) is 0 Å². The number of carbonyl (C=O) groups is 1. The predicted molar refractivity (Wildman–Crippen MR) is 81.0 cm³/mol. The van der Waals surface area contributed by atoms with Crippen LogP contribution in [0.4, 0.5) is 9.18 Å². The van der Waals surface area contributed by atoms with Crippen molar-refractivity contribution >= 4 is 6.03 Å². The van der Waals surface area contributed by atoms with Crippen LogP contribution in [0.25, 0.3) is 0 Å². The average Bonchev–Trinajstić information content (AvgIpc) is 2.80. The molecule has 1 heterocycles. The van der Waals surface area contributed by atoms with Gasteiger partial charge in [-0.15, -0.1) is 0 Å². The standard InChI is InChI=1S/C16H23FN2O3/c1-10(2)22-15-9-19(8-14(15)20)16(21)18-7-12-4-5-13(17)11(3)6-12/h4-6,10,14-15,20H,7-9H2,1-3H3,(H,18,21)/t14-,15-/m0/s1. The molecule has 2 rings (SSSR count). The summed E-state index contributed by atoms with van der Waals surface area (Å²) in [6.45, 7) is 6.42. The van der Waals surface area contributed by atoms with Gasteiger partial charge in [0.1, 0.15) is 11.9 Å². The molecule has 1 aliphatic heterocycles. The number of benzene rings is 1. The second kappa shape index (κ2) is 7.07. The fraction of sp³-hybridized carbons (Fsp3) is 0.562. The number of urea groups is 1. The van der Waals surface area contributed by atoms with E-state index in [1.807, 2.05) is 13.8 Å². The topological polar surface area (TPSA) is 61.8 Å². The van der Waals surface area contributed by atoms with Crippen LogP contribution in [-0.4, -0.2) is 47.4 Å². The van der Waals surface area contributed by atoms with Crippen LogP contribution in [0.3, 0.4) is 0 Å². The van der Waals surface area contributed by atoms with Gasteiger partial charge in [-0.3, -0.25) is 0 Å². The minimum Gasteiger partial charge on any atom is -0.388 e. The van der Waals surface area contributed by atoms with Crippen LogP contribution in [0.15, 0.2) is 18.2 Å². The molecule has 2 N–H and O–H groups in total. The summed E-state index contributed by atoms with van der Waals surface area (Å²) in [6, 6.07) is 4.49. The molecule has 6 heteroatoms. The summed E-state index contributed by atoms with van der Waals surface area (Å²) in [4.78, 5) is 13.7. The van der Waals surface area contributed by atoms with Crippen molar-refractivity contribution in [3.63, 3.8) is 0 Å². The number of halogens is 1. The van der Waals surface area contributed by atoms with Gasteiger partial charge in [0.2, 0.25) is 0 Å². The minimum absolute atomic E-state index is 0.00449. The molecule has 1 aromatic rings. The highest BCUT2D eigenvalue weighted by Crippen LogP contribution is 2.16. The molecule has 1 fully saturated rings. The molecule has 0 spiro atoms. The lowest BCUT2D eigenvalue weighted by Crippen LogP contribution is -2.39. The maximum atomic E-state index is 13.2. The van der Waals surface area contributed by atoms with Crippen molar-refractivity contribution in [2.75, 3.05) is 13.1 Å². The molecule has 1 aliphatic rings. The van der Waals surface area contributed by atoms with E-state index in [9.17, 15) is 14.3 Å². The van der Waals surface area contributed by atoms with Crippen LogP contribution in [0, 0.1) is 12.7 Å². The molecule has 0 radical (unpaired) electrons. The van der Waals surface area contributed by atoms with Gasteiger partial charge in [-0.05, 0) is 38.0 Å². The second-order valence-electron chi connectivity index (χ2n) is 5.94. The summed E-state index contributed by atoms with van der Waals surface area (Å²) < 4.78 is 18.8. The highest BCUT2D eigenvalue weighted by molar-refractivity contribution is 5.74. The van der Waals surface area contributed by atoms with E-state index >= 15 is 0 Å². The number of nitrogens with zero attached hydrogens (tertiary/aromatic N) is 1. The van der Waals surface area contributed by atoms with Crippen LogP contribution >= 0.6 is 0 Å². The Bertz CT molecular complexity index is 536. The molecule has 0 aliphatic carbocycles. The number of aliphatic hydroxyl groups is 1. The molecule has 2 atom stereocenters. The Hall–Kier alpha value is -1.66. The second-order valence-corrected chi connectivity index (χ2v) is 5.94. The summed E-state index contributed by atoms with van der Waals surface area (Å²) in [7, 11) is 0. The van der Waals surface area contributed by atoms with Crippen LogP contribution < -0.4 is 5.32 Å². The number of β-amino-alcohol motifs (C(OH)–C–C–N with tert-alkyl or cyclic N) is 1. The summed E-state index contributed by atoms with van der Waals surface area (Å²) in [5.41, 5.74) is 1.38. The molecule has 0 saturated carbocycles. The third-order valence-corrected chi connectivity index (χ3v) is 3.64. The van der Waals surface area contributed by atoms with E-state index in [1.54, 1.807) is 19.1 Å². The number of amides is 2. The summed E-state index contributed by atoms with van der Waals surface area (Å²) in [5, 5.41) is 12.7. The molecule has 122 valence electrons. The first kappa shape index (κ1) is 16.7. The number of rotatable bonds is 4. The molecule has 22 heavy (non-hydrogen) atoms. The summed E-state index contributed by atoms with van der Waals surface area (Å²) in [5.74, 6) is -0.258. The van der Waals surface area contributed by atoms with Crippen LogP contribution in [0.5, 0.6) is 0 Å². The van der Waals surface area contributed by atoms with Crippen molar-refractivity contribution in [2.45, 2.75) is 45.6 Å². The van der Waals surface area contributed by atoms with Gasteiger partial charge in [-0.2, -0.15) is 0 Å². The third-order valence-electron chi connectivity index (χ3n) is 3.64. The van der Waals surface area contributed by atoms with Crippen molar-refractivity contribution in [2.24, 2.45) is 0 Å². The molecule has 0 aromatic heterocycles. The molecule has 0 unspecified atom stereocenters. The zero-order valence-corrected chi connectivity index (χ0v) is 13.2. The number of nitrogens with one attached hydrogen (secondary N) is 1. The molecular formula is C16H23FN2O3. The number of aryl methyl sites for hydroxylation is 1. The number of hydrogen-bond acceptors (Lipinski definition) is 3. The van der Waals surface area contributed by atoms with Gasteiger partial charge >= 0.3 is 6.03 Å². The lowest BCUT2D eigenvalue weighted by Gasteiger charge is -2.18. The maximum absolute atomic E-state index is 13.2. The Morgan fingerprint density at radius 2 is 2.23 bits per heavy atom. The Balaban J connectivity index is 1.86. The van der Waals surface area contributed by atoms with Gasteiger partial charge in [0.25, 0.3) is 0 Å². The van der Waals surface area contributed by atoms with E-state index in [0.717, 1.165) is 5.56 Å². The average molecular weight is 310 g/mol. The largest absolute Gasteiger partial charge is 0.388 e. The number of aliphatic hydroxyl groups excluding tert-OH is 1. The third kappa shape index (κ3) is 4.18. The Labute approximate surface area is 130 Å². The van der Waals surface area contributed by atoms with Crippen molar-refractivity contribution < 1.29 is 19.0 Å². The van der Waals surface area contributed by atoms with Gasteiger partial charge < -0.3 is 20.1 Å². The first-order valence-corrected chi connectivity index (χ1v) is 7.48. The fourth-order valence-corrected chi connectivity index (χ4v) is 2.51. The quantitative estimate of drug-likeness (QED) is 0.891. The molecule has 1 aromatic carbocycles. The monoisotopic (exact) mass is 310 g/mol. The summed E-state index contributed by atoms with van der Waals surface area (Å²) in [6.07, 6.45) is -1.01. The van der Waals surface area contributed by atoms with Crippen LogP contribution in [0.2, 0.25) is 0 Å². The fourth-order valence-electron chi connectivity index (χ4n) is 2.51. The lowest BCUT2D eigenvalue weighted by molar-refractivity contribution is -0.0393. The van der Waals surface area contributed by atoms with Crippen molar-refractivity contribution in [3.8, 4) is 0 Å². The van der Waals surface area contributed by atoms with Gasteiger partial charge in [0, 0.05) is 6.54 Å². The SMILES string of the molecule is Cc1cc(CNC(=O)N2C[C@H](OC(C)C)[C@@H](O)C2)ccc1F. The van der Waals surface area contributed by atoms with E-state index in [-0.39, 0.29) is 30.6 Å². The normalized spacial score (nSPS) is 21.5. The van der Waals surface area contributed by atoms with Crippen LogP contribution in [0.1, 0.15) is 25.0 Å². The first-order chi connectivity index (χ1) is 10.4. The lowest BCUT2D eigenvalue weighted by atomic mass is 10.1. The maximum Gasteiger partial charge on any atom is 0.317 e.